The van der Waals surface area contributed by atoms with Crippen LogP contribution in [0, 0.1) is 0 Å². The molecule has 0 aromatic carbocycles. The first kappa shape index (κ1) is 13.6. The minimum atomic E-state index is 0.0715. The van der Waals surface area contributed by atoms with Gasteiger partial charge in [-0.25, -0.2) is 9.97 Å². The van der Waals surface area contributed by atoms with Gasteiger partial charge in [0.15, 0.2) is 5.78 Å². The highest BCUT2D eigenvalue weighted by molar-refractivity contribution is 5.94. The molecule has 1 rings (SSSR count). The highest BCUT2D eigenvalue weighted by Gasteiger charge is 2.08. The Bertz CT molecular complexity index is 353. The number of Topliss-reactive ketones (excluding diaryl/α,β-unsaturated/α-hetero) is 1. The summed E-state index contributed by atoms with van der Waals surface area (Å²) in [4.78, 5) is 19.6. The second-order valence-corrected chi connectivity index (χ2v) is 4.03. The van der Waals surface area contributed by atoms with Gasteiger partial charge in [0, 0.05) is 12.5 Å². The molecule has 0 spiro atoms. The zero-order valence-electron chi connectivity index (χ0n) is 10.6. The zero-order chi connectivity index (χ0) is 12.5. The van der Waals surface area contributed by atoms with E-state index >= 15 is 0 Å². The minimum absolute atomic E-state index is 0.0715. The third-order valence-corrected chi connectivity index (χ3v) is 2.64. The normalized spacial score (nSPS) is 10.2. The molecule has 0 N–H and O–H groups in total. The Kier molecular flexibility index (Phi) is 6.22. The standard InChI is InChI=1S/C13H20N2O2/c1-3-4-5-6-7-8-12(16)11-9-13(17-2)15-10-14-11/h9-10H,3-8H2,1-2H3. The Morgan fingerprint density at radius 3 is 2.71 bits per heavy atom. The smallest absolute Gasteiger partial charge is 0.216 e. The van der Waals surface area contributed by atoms with E-state index in [9.17, 15) is 4.79 Å². The lowest BCUT2D eigenvalue weighted by Gasteiger charge is -2.02. The molecule has 0 unspecified atom stereocenters. The second kappa shape index (κ2) is 7.76. The minimum Gasteiger partial charge on any atom is -0.481 e. The van der Waals surface area contributed by atoms with Crippen LogP contribution in [0.5, 0.6) is 5.88 Å². The Balaban J connectivity index is 2.36. The third kappa shape index (κ3) is 4.93. The maximum atomic E-state index is 11.8. The van der Waals surface area contributed by atoms with Crippen LogP contribution in [0.3, 0.4) is 0 Å². The van der Waals surface area contributed by atoms with Crippen LogP contribution in [0.25, 0.3) is 0 Å². The van der Waals surface area contributed by atoms with Crippen LogP contribution in [0.2, 0.25) is 0 Å². The van der Waals surface area contributed by atoms with E-state index in [2.05, 4.69) is 16.9 Å². The summed E-state index contributed by atoms with van der Waals surface area (Å²) in [5, 5.41) is 0. The van der Waals surface area contributed by atoms with Gasteiger partial charge in [0.1, 0.15) is 12.0 Å². The molecule has 1 heterocycles. The quantitative estimate of drug-likeness (QED) is 0.514. The van der Waals surface area contributed by atoms with Gasteiger partial charge in [-0.05, 0) is 6.42 Å². The number of ether oxygens (including phenoxy) is 1. The van der Waals surface area contributed by atoms with Gasteiger partial charge in [-0.15, -0.1) is 0 Å². The number of methoxy groups -OCH3 is 1. The molecule has 1 aromatic heterocycles. The first-order valence-corrected chi connectivity index (χ1v) is 6.17. The number of carbonyl (C=O) groups is 1. The van der Waals surface area contributed by atoms with Crippen molar-refractivity contribution in [2.45, 2.75) is 45.4 Å². The van der Waals surface area contributed by atoms with Gasteiger partial charge in [0.05, 0.1) is 7.11 Å². The van der Waals surface area contributed by atoms with Crippen LogP contribution in [0.1, 0.15) is 55.9 Å². The first-order chi connectivity index (χ1) is 8.27. The van der Waals surface area contributed by atoms with E-state index in [4.69, 9.17) is 4.74 Å². The van der Waals surface area contributed by atoms with Crippen molar-refractivity contribution in [3.05, 3.63) is 18.1 Å². The number of carbonyl (C=O) groups excluding carboxylic acids is 1. The van der Waals surface area contributed by atoms with Crippen LogP contribution in [-0.4, -0.2) is 22.9 Å². The molecule has 0 saturated heterocycles. The van der Waals surface area contributed by atoms with Gasteiger partial charge in [-0.1, -0.05) is 32.6 Å². The summed E-state index contributed by atoms with van der Waals surface area (Å²) in [5.41, 5.74) is 0.451. The molecule has 0 bridgehead atoms. The van der Waals surface area contributed by atoms with Crippen molar-refractivity contribution in [1.29, 1.82) is 0 Å². The van der Waals surface area contributed by atoms with Gasteiger partial charge in [-0.2, -0.15) is 0 Å². The first-order valence-electron chi connectivity index (χ1n) is 6.17. The fourth-order valence-electron chi connectivity index (χ4n) is 1.62. The van der Waals surface area contributed by atoms with E-state index in [1.165, 1.54) is 32.7 Å². The van der Waals surface area contributed by atoms with Crippen LogP contribution in [0.15, 0.2) is 12.4 Å². The number of ketones is 1. The fourth-order valence-corrected chi connectivity index (χ4v) is 1.62. The lowest BCUT2D eigenvalue weighted by Crippen LogP contribution is -2.03. The lowest BCUT2D eigenvalue weighted by atomic mass is 10.1. The van der Waals surface area contributed by atoms with Gasteiger partial charge < -0.3 is 4.74 Å². The van der Waals surface area contributed by atoms with Gasteiger partial charge in [0.25, 0.3) is 0 Å². The average molecular weight is 236 g/mol. The van der Waals surface area contributed by atoms with Crippen LogP contribution in [-0.2, 0) is 0 Å². The second-order valence-electron chi connectivity index (χ2n) is 4.03. The zero-order valence-corrected chi connectivity index (χ0v) is 10.6. The molecule has 0 aliphatic rings. The summed E-state index contributed by atoms with van der Waals surface area (Å²) >= 11 is 0. The largest absolute Gasteiger partial charge is 0.481 e. The summed E-state index contributed by atoms with van der Waals surface area (Å²) in [6.07, 6.45) is 7.64. The van der Waals surface area contributed by atoms with E-state index in [0.717, 1.165) is 12.8 Å². The molecular weight excluding hydrogens is 216 g/mol. The van der Waals surface area contributed by atoms with E-state index in [1.54, 1.807) is 6.07 Å². The van der Waals surface area contributed by atoms with Crippen molar-refractivity contribution in [1.82, 2.24) is 9.97 Å². The summed E-state index contributed by atoms with van der Waals surface area (Å²) in [6.45, 7) is 2.18. The van der Waals surface area contributed by atoms with E-state index in [-0.39, 0.29) is 5.78 Å². The maximum Gasteiger partial charge on any atom is 0.216 e. The van der Waals surface area contributed by atoms with Crippen molar-refractivity contribution in [3.63, 3.8) is 0 Å². The van der Waals surface area contributed by atoms with Gasteiger partial charge in [-0.3, -0.25) is 4.79 Å². The highest BCUT2D eigenvalue weighted by atomic mass is 16.5. The number of hydrogen-bond acceptors (Lipinski definition) is 4. The molecule has 4 heteroatoms. The Morgan fingerprint density at radius 2 is 2.00 bits per heavy atom. The maximum absolute atomic E-state index is 11.8. The summed E-state index contributed by atoms with van der Waals surface area (Å²) in [6, 6.07) is 1.59. The molecule has 0 fully saturated rings. The Hall–Kier alpha value is -1.45. The van der Waals surface area contributed by atoms with Crippen molar-refractivity contribution in [2.24, 2.45) is 0 Å². The molecule has 0 atom stereocenters. The van der Waals surface area contributed by atoms with Crippen molar-refractivity contribution in [2.75, 3.05) is 7.11 Å². The number of rotatable bonds is 8. The SMILES string of the molecule is CCCCCCCC(=O)c1cc(OC)ncn1. The van der Waals surface area contributed by atoms with Crippen molar-refractivity contribution < 1.29 is 9.53 Å². The van der Waals surface area contributed by atoms with E-state index < -0.39 is 0 Å². The van der Waals surface area contributed by atoms with Crippen molar-refractivity contribution >= 4 is 5.78 Å². The monoisotopic (exact) mass is 236 g/mol. The predicted molar refractivity (Wildman–Crippen MR) is 66.3 cm³/mol. The molecular formula is C13H20N2O2. The molecule has 0 amide bonds. The molecule has 0 saturated carbocycles. The summed E-state index contributed by atoms with van der Waals surface area (Å²) < 4.78 is 4.96. The van der Waals surface area contributed by atoms with Gasteiger partial charge in [0.2, 0.25) is 5.88 Å². The number of unbranched alkanes of at least 4 members (excludes halogenated alkanes) is 4. The van der Waals surface area contributed by atoms with E-state index in [0.29, 0.717) is 18.0 Å². The number of aromatic nitrogens is 2. The number of nitrogens with zero attached hydrogens (tertiary/aromatic N) is 2. The highest BCUT2D eigenvalue weighted by Crippen LogP contribution is 2.11. The molecule has 0 aliphatic heterocycles. The number of hydrogen-bond donors (Lipinski definition) is 0. The van der Waals surface area contributed by atoms with Gasteiger partial charge >= 0.3 is 0 Å². The summed E-state index contributed by atoms with van der Waals surface area (Å²) in [5.74, 6) is 0.511. The Labute approximate surface area is 102 Å². The molecule has 0 aliphatic carbocycles. The fraction of sp³-hybridized carbons (Fsp3) is 0.615. The topological polar surface area (TPSA) is 52.1 Å². The van der Waals surface area contributed by atoms with E-state index in [1.807, 2.05) is 0 Å². The molecule has 4 nitrogen and oxygen atoms in total. The van der Waals surface area contributed by atoms with Crippen LogP contribution < -0.4 is 4.74 Å². The summed E-state index contributed by atoms with van der Waals surface area (Å²) in [7, 11) is 1.53. The molecule has 0 radical (unpaired) electrons. The molecule has 17 heavy (non-hydrogen) atoms. The molecule has 94 valence electrons. The third-order valence-electron chi connectivity index (χ3n) is 2.64. The van der Waals surface area contributed by atoms with Crippen molar-refractivity contribution in [3.8, 4) is 5.88 Å². The average Bonchev–Trinajstić information content (AvgIpc) is 2.38. The van der Waals surface area contributed by atoms with Crippen LogP contribution in [0.4, 0.5) is 0 Å². The lowest BCUT2D eigenvalue weighted by molar-refractivity contribution is 0.0973. The predicted octanol–water partition coefficient (Wildman–Crippen LogP) is 3.03. The Morgan fingerprint density at radius 1 is 1.24 bits per heavy atom. The van der Waals surface area contributed by atoms with Crippen LogP contribution >= 0.6 is 0 Å². The molecule has 1 aromatic rings.